The molecule has 188 valence electrons. The molecule has 5 aliphatic heterocycles. The molecule has 8 heteroatoms. The standard InChI is InChI=1S/C13H22N2O2.C13H18N2O2/c2*16-12(11-1-8-17-9-11)15-7-4-13(10-15)2-5-14-6-3-13/h11,14H,1-10H2;1,8-9,14H,2-7,10H2. The second-order valence-corrected chi connectivity index (χ2v) is 11.1. The molecule has 1 aromatic heterocycles. The van der Waals surface area contributed by atoms with E-state index in [4.69, 9.17) is 9.15 Å². The van der Waals surface area contributed by atoms with Crippen LogP contribution in [0, 0.1) is 16.7 Å². The molecule has 0 bridgehead atoms. The summed E-state index contributed by atoms with van der Waals surface area (Å²) in [6, 6.07) is 1.75. The maximum absolute atomic E-state index is 12.3. The van der Waals surface area contributed by atoms with Crippen molar-refractivity contribution in [2.24, 2.45) is 16.7 Å². The summed E-state index contributed by atoms with van der Waals surface area (Å²) in [5, 5.41) is 6.80. The van der Waals surface area contributed by atoms with Gasteiger partial charge >= 0.3 is 0 Å². The summed E-state index contributed by atoms with van der Waals surface area (Å²) < 4.78 is 10.3. The third-order valence-corrected chi connectivity index (χ3v) is 8.85. The van der Waals surface area contributed by atoms with Gasteiger partial charge in [-0.25, -0.2) is 0 Å². The molecule has 5 saturated heterocycles. The van der Waals surface area contributed by atoms with Gasteiger partial charge in [-0.1, -0.05) is 0 Å². The van der Waals surface area contributed by atoms with E-state index in [1.54, 1.807) is 12.3 Å². The van der Waals surface area contributed by atoms with Gasteiger partial charge in [-0.15, -0.1) is 0 Å². The number of furan rings is 1. The summed E-state index contributed by atoms with van der Waals surface area (Å²) in [5.74, 6) is 0.610. The van der Waals surface area contributed by atoms with E-state index in [2.05, 4.69) is 15.5 Å². The van der Waals surface area contributed by atoms with Crippen molar-refractivity contribution < 1.29 is 18.7 Å². The molecule has 2 amide bonds. The molecular formula is C26H40N4O4. The van der Waals surface area contributed by atoms with Crippen LogP contribution in [0.5, 0.6) is 0 Å². The number of amides is 2. The summed E-state index contributed by atoms with van der Waals surface area (Å²) in [7, 11) is 0. The Kier molecular flexibility index (Phi) is 7.27. The van der Waals surface area contributed by atoms with Crippen molar-refractivity contribution in [2.75, 3.05) is 65.6 Å². The van der Waals surface area contributed by atoms with Crippen LogP contribution in [0.3, 0.4) is 0 Å². The molecule has 5 aliphatic rings. The molecular weight excluding hydrogens is 432 g/mol. The number of carbonyl (C=O) groups excluding carboxylic acids is 2. The van der Waals surface area contributed by atoms with Crippen molar-refractivity contribution in [3.8, 4) is 0 Å². The lowest BCUT2D eigenvalue weighted by Gasteiger charge is -2.33. The molecule has 1 unspecified atom stereocenters. The number of nitrogens with zero attached hydrogens (tertiary/aromatic N) is 2. The molecule has 5 fully saturated rings. The highest BCUT2D eigenvalue weighted by atomic mass is 16.5. The highest BCUT2D eigenvalue weighted by molar-refractivity contribution is 5.94. The quantitative estimate of drug-likeness (QED) is 0.686. The highest BCUT2D eigenvalue weighted by Gasteiger charge is 2.42. The van der Waals surface area contributed by atoms with Crippen molar-refractivity contribution in [3.05, 3.63) is 24.2 Å². The van der Waals surface area contributed by atoms with Gasteiger partial charge in [0.2, 0.25) is 5.91 Å². The van der Waals surface area contributed by atoms with Gasteiger partial charge in [-0.2, -0.15) is 0 Å². The number of hydrogen-bond acceptors (Lipinski definition) is 6. The number of piperidine rings is 2. The van der Waals surface area contributed by atoms with Gasteiger partial charge < -0.3 is 29.6 Å². The van der Waals surface area contributed by atoms with E-state index >= 15 is 0 Å². The Morgan fingerprint density at radius 3 is 2.06 bits per heavy atom. The van der Waals surface area contributed by atoms with Gasteiger partial charge in [0, 0.05) is 32.8 Å². The third kappa shape index (κ3) is 5.19. The molecule has 1 atom stereocenters. The Labute approximate surface area is 202 Å². The van der Waals surface area contributed by atoms with Gasteiger partial charge in [-0.05, 0) is 88.0 Å². The van der Waals surface area contributed by atoms with Crippen molar-refractivity contribution >= 4 is 11.8 Å². The van der Waals surface area contributed by atoms with Crippen LogP contribution < -0.4 is 10.6 Å². The highest BCUT2D eigenvalue weighted by Crippen LogP contribution is 2.40. The van der Waals surface area contributed by atoms with E-state index in [-0.39, 0.29) is 11.8 Å². The zero-order chi connectivity index (χ0) is 23.4. The number of nitrogens with one attached hydrogen (secondary N) is 2. The van der Waals surface area contributed by atoms with Crippen molar-refractivity contribution in [1.29, 1.82) is 0 Å². The SMILES string of the molecule is O=C(C1CCOC1)N1CCC2(CCNCC2)C1.O=C(c1ccoc1)N1CCC2(CCNCC2)C1. The minimum Gasteiger partial charge on any atom is -0.472 e. The van der Waals surface area contributed by atoms with Crippen LogP contribution in [-0.4, -0.2) is 87.2 Å². The Morgan fingerprint density at radius 1 is 0.882 bits per heavy atom. The van der Waals surface area contributed by atoms with Gasteiger partial charge in [0.25, 0.3) is 5.91 Å². The van der Waals surface area contributed by atoms with E-state index in [9.17, 15) is 9.59 Å². The largest absolute Gasteiger partial charge is 0.472 e. The fourth-order valence-corrected chi connectivity index (χ4v) is 6.52. The lowest BCUT2D eigenvalue weighted by molar-refractivity contribution is -0.134. The van der Waals surface area contributed by atoms with Crippen LogP contribution >= 0.6 is 0 Å². The maximum Gasteiger partial charge on any atom is 0.257 e. The predicted octanol–water partition coefficient (Wildman–Crippen LogP) is 2.12. The first-order valence-corrected chi connectivity index (χ1v) is 13.2. The molecule has 0 radical (unpaired) electrons. The maximum atomic E-state index is 12.3. The average Bonchev–Trinajstić information content (AvgIpc) is 3.68. The number of hydrogen-bond donors (Lipinski definition) is 2. The molecule has 2 spiro atoms. The van der Waals surface area contributed by atoms with Crippen LogP contribution in [0.4, 0.5) is 0 Å². The van der Waals surface area contributed by atoms with Crippen LogP contribution in [0.15, 0.2) is 23.0 Å². The van der Waals surface area contributed by atoms with E-state index in [0.717, 1.165) is 71.8 Å². The summed E-state index contributed by atoms with van der Waals surface area (Å²) in [6.07, 6.45) is 11.2. The zero-order valence-electron chi connectivity index (χ0n) is 20.4. The van der Waals surface area contributed by atoms with E-state index < -0.39 is 0 Å². The van der Waals surface area contributed by atoms with Crippen LogP contribution in [0.25, 0.3) is 0 Å². The molecule has 2 N–H and O–H groups in total. The Hall–Kier alpha value is -1.90. The summed E-state index contributed by atoms with van der Waals surface area (Å²) in [5.41, 5.74) is 1.49. The van der Waals surface area contributed by atoms with E-state index in [0.29, 0.717) is 28.9 Å². The van der Waals surface area contributed by atoms with Crippen molar-refractivity contribution in [3.63, 3.8) is 0 Å². The van der Waals surface area contributed by atoms with Gasteiger partial charge in [0.05, 0.1) is 24.4 Å². The van der Waals surface area contributed by atoms with Gasteiger partial charge in [0.15, 0.2) is 0 Å². The van der Waals surface area contributed by atoms with Crippen LogP contribution in [-0.2, 0) is 9.53 Å². The molecule has 1 aromatic rings. The minimum atomic E-state index is 0.120. The third-order valence-electron chi connectivity index (χ3n) is 8.85. The lowest BCUT2D eigenvalue weighted by Crippen LogP contribution is -2.41. The topological polar surface area (TPSA) is 87.0 Å². The molecule has 0 aliphatic carbocycles. The van der Waals surface area contributed by atoms with Gasteiger partial charge in [-0.3, -0.25) is 9.59 Å². The van der Waals surface area contributed by atoms with E-state index in [1.165, 1.54) is 38.4 Å². The first kappa shape index (κ1) is 23.8. The van der Waals surface area contributed by atoms with Crippen molar-refractivity contribution in [2.45, 2.75) is 44.9 Å². The van der Waals surface area contributed by atoms with E-state index in [1.807, 2.05) is 4.90 Å². The van der Waals surface area contributed by atoms with Gasteiger partial charge in [0.1, 0.15) is 6.26 Å². The van der Waals surface area contributed by atoms with Crippen LogP contribution in [0.1, 0.15) is 55.3 Å². The van der Waals surface area contributed by atoms with Crippen molar-refractivity contribution in [1.82, 2.24) is 20.4 Å². The Morgan fingerprint density at radius 2 is 1.50 bits per heavy atom. The first-order valence-electron chi connectivity index (χ1n) is 13.2. The molecule has 6 heterocycles. The molecule has 0 aromatic carbocycles. The van der Waals surface area contributed by atoms with Crippen LogP contribution in [0.2, 0.25) is 0 Å². The minimum absolute atomic E-state index is 0.120. The molecule has 0 saturated carbocycles. The molecule has 8 nitrogen and oxygen atoms in total. The smallest absolute Gasteiger partial charge is 0.257 e. The molecule has 34 heavy (non-hydrogen) atoms. The lowest BCUT2D eigenvalue weighted by atomic mass is 9.78. The Bertz CT molecular complexity index is 824. The second kappa shape index (κ2) is 10.4. The number of ether oxygens (including phenoxy) is 1. The average molecular weight is 473 g/mol. The summed E-state index contributed by atoms with van der Waals surface area (Å²) in [4.78, 5) is 28.6. The zero-order valence-corrected chi connectivity index (χ0v) is 20.4. The normalized spacial score (nSPS) is 27.7. The fraction of sp³-hybridized carbons (Fsp3) is 0.769. The fourth-order valence-electron chi connectivity index (χ4n) is 6.52. The predicted molar refractivity (Wildman–Crippen MR) is 128 cm³/mol. The first-order chi connectivity index (χ1) is 16.6. The number of likely N-dealkylation sites (tertiary alicyclic amines) is 2. The number of carbonyl (C=O) groups is 2. The Balaban J connectivity index is 0.000000142. The second-order valence-electron chi connectivity index (χ2n) is 11.1. The summed E-state index contributed by atoms with van der Waals surface area (Å²) in [6.45, 7) is 9.59. The number of rotatable bonds is 2. The monoisotopic (exact) mass is 472 g/mol. The summed E-state index contributed by atoms with van der Waals surface area (Å²) >= 11 is 0. The molecule has 6 rings (SSSR count).